The number of nitrogens with two attached hydrogens (primary N) is 1. The van der Waals surface area contributed by atoms with Gasteiger partial charge in [-0.2, -0.15) is 0 Å². The van der Waals surface area contributed by atoms with Crippen LogP contribution >= 0.6 is 0 Å². The van der Waals surface area contributed by atoms with Crippen LogP contribution in [-0.4, -0.2) is 10.9 Å². The molecule has 4 heteroatoms. The molecule has 0 aliphatic carbocycles. The number of carbonyl (C=O) groups excluding carboxylic acids is 1. The Morgan fingerprint density at radius 3 is 3.00 bits per heavy atom. The third-order valence-corrected chi connectivity index (χ3v) is 2.06. The number of hydrogen-bond acceptors (Lipinski definition) is 3. The van der Waals surface area contributed by atoms with Crippen molar-refractivity contribution >= 4 is 16.7 Å². The van der Waals surface area contributed by atoms with E-state index in [4.69, 9.17) is 5.84 Å². The van der Waals surface area contributed by atoms with Crippen molar-refractivity contribution in [3.05, 3.63) is 42.2 Å². The summed E-state index contributed by atoms with van der Waals surface area (Å²) in [5.74, 6) is 4.77. The van der Waals surface area contributed by atoms with Crippen molar-refractivity contribution in [3.8, 4) is 0 Å². The highest BCUT2D eigenvalue weighted by Gasteiger charge is 2.07. The maximum atomic E-state index is 11.4. The Morgan fingerprint density at radius 1 is 1.36 bits per heavy atom. The normalized spacial score (nSPS) is 10.1. The number of fused-ring (bicyclic) bond motifs is 1. The van der Waals surface area contributed by atoms with Gasteiger partial charge in [-0.25, -0.2) is 5.84 Å². The van der Waals surface area contributed by atoms with Crippen molar-refractivity contribution in [2.75, 3.05) is 0 Å². The summed E-state index contributed by atoms with van der Waals surface area (Å²) in [6, 6.07) is 7.30. The molecule has 4 nitrogen and oxygen atoms in total. The number of hydrazine groups is 1. The topological polar surface area (TPSA) is 68.0 Å². The van der Waals surface area contributed by atoms with E-state index in [1.54, 1.807) is 18.5 Å². The molecule has 0 atom stereocenters. The summed E-state index contributed by atoms with van der Waals surface area (Å²) < 4.78 is 0. The summed E-state index contributed by atoms with van der Waals surface area (Å²) in [7, 11) is 0. The van der Waals surface area contributed by atoms with Crippen molar-refractivity contribution in [1.82, 2.24) is 10.4 Å². The summed E-state index contributed by atoms with van der Waals surface area (Å²) in [4.78, 5) is 15.3. The number of benzene rings is 1. The first-order chi connectivity index (χ1) is 6.83. The molecular formula is C10H9N3O. The molecule has 1 aromatic carbocycles. The molecule has 1 amide bonds. The van der Waals surface area contributed by atoms with Gasteiger partial charge in [0.2, 0.25) is 0 Å². The summed E-state index contributed by atoms with van der Waals surface area (Å²) >= 11 is 0. The Labute approximate surface area is 80.7 Å². The number of rotatable bonds is 1. The van der Waals surface area contributed by atoms with Crippen LogP contribution in [0.4, 0.5) is 0 Å². The second-order valence-corrected chi connectivity index (χ2v) is 2.88. The Hall–Kier alpha value is -1.94. The van der Waals surface area contributed by atoms with Crippen LogP contribution in [0.15, 0.2) is 36.7 Å². The summed E-state index contributed by atoms with van der Waals surface area (Å²) in [6.45, 7) is 0. The van der Waals surface area contributed by atoms with Crippen LogP contribution in [0.2, 0.25) is 0 Å². The number of hydrogen-bond donors (Lipinski definition) is 2. The lowest BCUT2D eigenvalue weighted by Crippen LogP contribution is -2.30. The van der Waals surface area contributed by atoms with Crippen molar-refractivity contribution in [3.63, 3.8) is 0 Å². The fraction of sp³-hybridized carbons (Fsp3) is 0. The first-order valence-corrected chi connectivity index (χ1v) is 4.16. The molecule has 0 saturated carbocycles. The van der Waals surface area contributed by atoms with Gasteiger partial charge in [0.05, 0.1) is 5.56 Å². The predicted octanol–water partition coefficient (Wildman–Crippen LogP) is 0.838. The number of nitrogens with one attached hydrogen (secondary N) is 1. The van der Waals surface area contributed by atoms with Crippen LogP contribution < -0.4 is 11.3 Å². The molecule has 0 saturated heterocycles. The quantitative estimate of drug-likeness (QED) is 0.395. The Bertz CT molecular complexity index is 476. The third kappa shape index (κ3) is 1.31. The zero-order chi connectivity index (χ0) is 9.97. The molecule has 0 aliphatic heterocycles. The molecule has 0 spiro atoms. The highest BCUT2D eigenvalue weighted by atomic mass is 16.2. The number of nitrogen functional groups attached to an aromatic ring is 1. The van der Waals surface area contributed by atoms with Gasteiger partial charge in [0.25, 0.3) is 5.91 Å². The average molecular weight is 187 g/mol. The molecule has 70 valence electrons. The molecule has 0 bridgehead atoms. The lowest BCUT2D eigenvalue weighted by Gasteiger charge is -2.03. The molecule has 2 rings (SSSR count). The molecule has 1 heterocycles. The first kappa shape index (κ1) is 8.65. The summed E-state index contributed by atoms with van der Waals surface area (Å²) in [6.07, 6.45) is 3.34. The van der Waals surface area contributed by atoms with E-state index in [0.717, 1.165) is 10.8 Å². The monoisotopic (exact) mass is 187 g/mol. The van der Waals surface area contributed by atoms with E-state index in [-0.39, 0.29) is 5.91 Å². The lowest BCUT2D eigenvalue weighted by atomic mass is 10.1. The SMILES string of the molecule is NNC(=O)c1cccc2ccncc12. The molecule has 0 fully saturated rings. The van der Waals surface area contributed by atoms with E-state index in [1.807, 2.05) is 18.2 Å². The maximum absolute atomic E-state index is 11.4. The van der Waals surface area contributed by atoms with Gasteiger partial charge in [-0.3, -0.25) is 15.2 Å². The van der Waals surface area contributed by atoms with Gasteiger partial charge < -0.3 is 0 Å². The van der Waals surface area contributed by atoms with E-state index in [0.29, 0.717) is 5.56 Å². The van der Waals surface area contributed by atoms with E-state index in [1.165, 1.54) is 0 Å². The Morgan fingerprint density at radius 2 is 2.21 bits per heavy atom. The number of pyridine rings is 1. The fourth-order valence-corrected chi connectivity index (χ4v) is 1.39. The van der Waals surface area contributed by atoms with Crippen LogP contribution in [0.1, 0.15) is 10.4 Å². The highest BCUT2D eigenvalue weighted by molar-refractivity contribution is 6.06. The first-order valence-electron chi connectivity index (χ1n) is 4.16. The molecule has 14 heavy (non-hydrogen) atoms. The predicted molar refractivity (Wildman–Crippen MR) is 53.4 cm³/mol. The minimum Gasteiger partial charge on any atom is -0.290 e. The van der Waals surface area contributed by atoms with E-state index in [2.05, 4.69) is 10.4 Å². The fourth-order valence-electron chi connectivity index (χ4n) is 1.39. The number of carbonyl (C=O) groups is 1. The Kier molecular flexibility index (Phi) is 2.12. The van der Waals surface area contributed by atoms with Gasteiger partial charge in [-0.05, 0) is 17.5 Å². The van der Waals surface area contributed by atoms with Crippen LogP contribution in [-0.2, 0) is 0 Å². The summed E-state index contributed by atoms with van der Waals surface area (Å²) in [5, 5.41) is 1.78. The van der Waals surface area contributed by atoms with Crippen molar-refractivity contribution < 1.29 is 4.79 Å². The van der Waals surface area contributed by atoms with Crippen LogP contribution in [0, 0.1) is 0 Å². The molecule has 1 aromatic heterocycles. The van der Waals surface area contributed by atoms with E-state index in [9.17, 15) is 4.79 Å². The highest BCUT2D eigenvalue weighted by Crippen LogP contribution is 2.16. The molecule has 3 N–H and O–H groups in total. The largest absolute Gasteiger partial charge is 0.290 e. The van der Waals surface area contributed by atoms with Gasteiger partial charge in [0.1, 0.15) is 0 Å². The maximum Gasteiger partial charge on any atom is 0.265 e. The minimum absolute atomic E-state index is 0.302. The molecule has 2 aromatic rings. The minimum atomic E-state index is -0.302. The van der Waals surface area contributed by atoms with Crippen LogP contribution in [0.25, 0.3) is 10.8 Å². The number of aromatic nitrogens is 1. The van der Waals surface area contributed by atoms with Gasteiger partial charge in [0, 0.05) is 17.8 Å². The lowest BCUT2D eigenvalue weighted by molar-refractivity contribution is 0.0955. The zero-order valence-electron chi connectivity index (χ0n) is 7.40. The van der Waals surface area contributed by atoms with E-state index < -0.39 is 0 Å². The number of amides is 1. The van der Waals surface area contributed by atoms with Gasteiger partial charge in [-0.1, -0.05) is 12.1 Å². The average Bonchev–Trinajstić information content (AvgIpc) is 2.27. The summed E-state index contributed by atoms with van der Waals surface area (Å²) in [5.41, 5.74) is 2.65. The van der Waals surface area contributed by atoms with Crippen molar-refractivity contribution in [2.24, 2.45) is 5.84 Å². The van der Waals surface area contributed by atoms with Gasteiger partial charge >= 0.3 is 0 Å². The number of nitrogens with zero attached hydrogens (tertiary/aromatic N) is 1. The molecular weight excluding hydrogens is 178 g/mol. The van der Waals surface area contributed by atoms with Gasteiger partial charge in [-0.15, -0.1) is 0 Å². The second-order valence-electron chi connectivity index (χ2n) is 2.88. The molecule has 0 unspecified atom stereocenters. The second kappa shape index (κ2) is 3.43. The standard InChI is InChI=1S/C10H9N3O/c11-13-10(14)8-3-1-2-7-4-5-12-6-9(7)8/h1-6H,11H2,(H,13,14). The molecule has 0 radical (unpaired) electrons. The Balaban J connectivity index is 2.71. The smallest absolute Gasteiger partial charge is 0.265 e. The zero-order valence-corrected chi connectivity index (χ0v) is 7.40. The van der Waals surface area contributed by atoms with Crippen LogP contribution in [0.3, 0.4) is 0 Å². The molecule has 0 aliphatic rings. The van der Waals surface area contributed by atoms with Crippen LogP contribution in [0.5, 0.6) is 0 Å². The third-order valence-electron chi connectivity index (χ3n) is 2.06. The van der Waals surface area contributed by atoms with Gasteiger partial charge in [0.15, 0.2) is 0 Å². The van der Waals surface area contributed by atoms with Crippen molar-refractivity contribution in [1.29, 1.82) is 0 Å². The van der Waals surface area contributed by atoms with Crippen molar-refractivity contribution in [2.45, 2.75) is 0 Å². The van der Waals surface area contributed by atoms with E-state index >= 15 is 0 Å².